The van der Waals surface area contributed by atoms with Gasteiger partial charge in [0, 0.05) is 6.92 Å². The molecule has 0 aliphatic rings. The molecule has 0 aliphatic carbocycles. The molecule has 0 aliphatic heterocycles. The monoisotopic (exact) mass is 636 g/mol. The van der Waals surface area contributed by atoms with Gasteiger partial charge in [-0.2, -0.15) is 0 Å². The van der Waals surface area contributed by atoms with Crippen molar-refractivity contribution in [1.82, 2.24) is 0 Å². The van der Waals surface area contributed by atoms with E-state index in [1.54, 1.807) is 0 Å². The highest BCUT2D eigenvalue weighted by Gasteiger charge is 2.42. The third-order valence-electron chi connectivity index (χ3n) is 3.86. The van der Waals surface area contributed by atoms with Crippen molar-refractivity contribution in [1.29, 1.82) is 0 Å². The van der Waals surface area contributed by atoms with Crippen LogP contribution in [0.25, 0.3) is 0 Å². The van der Waals surface area contributed by atoms with Crippen molar-refractivity contribution in [3.63, 3.8) is 0 Å². The standard InChI is InChI=1S/3C6H8O7.C2H4O2/c3*7-3(8)1-6(13,5(11)12)2-4(9)10;1-2(3)4/h3*13H,1-2H2,(H,7,8)(H,9,10)(H,11,12);1H3,(H,3,4). The molecule has 23 heteroatoms. The number of hydrogen-bond acceptors (Lipinski definition) is 13. The van der Waals surface area contributed by atoms with Crippen LogP contribution in [-0.4, -0.2) is 143 Å². The van der Waals surface area contributed by atoms with E-state index < -0.39 is 115 Å². The lowest BCUT2D eigenvalue weighted by atomic mass is 9.96. The maximum Gasteiger partial charge on any atom is 0.336 e. The number of aliphatic hydroxyl groups is 3. The van der Waals surface area contributed by atoms with Gasteiger partial charge >= 0.3 is 53.7 Å². The molecular weight excluding hydrogens is 608 g/mol. The van der Waals surface area contributed by atoms with E-state index >= 15 is 0 Å². The Morgan fingerprint density at radius 1 is 0.349 bits per heavy atom. The molecule has 0 saturated heterocycles. The quantitative estimate of drug-likeness (QED) is 0.0823. The number of carbonyl (C=O) groups is 10. The summed E-state index contributed by atoms with van der Waals surface area (Å²) in [6, 6.07) is 0. The van der Waals surface area contributed by atoms with E-state index in [0.29, 0.717) is 0 Å². The van der Waals surface area contributed by atoms with Crippen LogP contribution in [-0.2, 0) is 47.9 Å². The highest BCUT2D eigenvalue weighted by molar-refractivity contribution is 5.89. The number of carboxylic acids is 10. The van der Waals surface area contributed by atoms with Crippen molar-refractivity contribution < 1.29 is 114 Å². The smallest absolute Gasteiger partial charge is 0.336 e. The molecule has 0 heterocycles. The Kier molecular flexibility index (Phi) is 20.3. The first-order chi connectivity index (χ1) is 19.1. The van der Waals surface area contributed by atoms with Crippen LogP contribution in [0.15, 0.2) is 0 Å². The van der Waals surface area contributed by atoms with E-state index in [1.165, 1.54) is 0 Å². The summed E-state index contributed by atoms with van der Waals surface area (Å²) in [5, 5.41) is 109. The minimum Gasteiger partial charge on any atom is -0.481 e. The van der Waals surface area contributed by atoms with Crippen molar-refractivity contribution in [2.75, 3.05) is 0 Å². The number of hydrogen-bond donors (Lipinski definition) is 13. The van der Waals surface area contributed by atoms with Crippen LogP contribution in [0.4, 0.5) is 0 Å². The fourth-order valence-corrected chi connectivity index (χ4v) is 2.14. The summed E-state index contributed by atoms with van der Waals surface area (Å²) in [4.78, 5) is 100. The fraction of sp³-hybridized carbons (Fsp3) is 0.500. The Labute approximate surface area is 237 Å². The van der Waals surface area contributed by atoms with Crippen LogP contribution in [0.5, 0.6) is 0 Å². The second kappa shape index (κ2) is 19.6. The molecule has 0 aromatic carbocycles. The molecule has 0 fully saturated rings. The van der Waals surface area contributed by atoms with Crippen molar-refractivity contribution in [3.05, 3.63) is 0 Å². The molecule has 0 aromatic heterocycles. The molecule has 0 aromatic rings. The second-order valence-electron chi connectivity index (χ2n) is 7.95. The zero-order valence-electron chi connectivity index (χ0n) is 21.6. The highest BCUT2D eigenvalue weighted by atomic mass is 16.4. The molecule has 246 valence electrons. The zero-order valence-corrected chi connectivity index (χ0v) is 21.6. The van der Waals surface area contributed by atoms with E-state index in [4.69, 9.17) is 71.2 Å². The van der Waals surface area contributed by atoms with Crippen molar-refractivity contribution in [2.24, 2.45) is 0 Å². The molecule has 0 radical (unpaired) electrons. The van der Waals surface area contributed by atoms with Gasteiger partial charge in [0.05, 0.1) is 38.5 Å². The van der Waals surface area contributed by atoms with Gasteiger partial charge in [0.1, 0.15) is 0 Å². The molecular formula is C20H28O23. The molecule has 43 heavy (non-hydrogen) atoms. The minimum absolute atomic E-state index is 0.833. The zero-order chi connectivity index (χ0) is 35.5. The lowest BCUT2D eigenvalue weighted by Gasteiger charge is -2.18. The molecule has 0 amide bonds. The van der Waals surface area contributed by atoms with Gasteiger partial charge in [-0.25, -0.2) is 14.4 Å². The van der Waals surface area contributed by atoms with E-state index in [1.807, 2.05) is 0 Å². The summed E-state index contributed by atoms with van der Waals surface area (Å²) in [6.45, 7) is 1.08. The lowest BCUT2D eigenvalue weighted by Crippen LogP contribution is -2.42. The molecule has 23 nitrogen and oxygen atoms in total. The predicted molar refractivity (Wildman–Crippen MR) is 125 cm³/mol. The molecule has 0 rings (SSSR count). The fourth-order valence-electron chi connectivity index (χ4n) is 2.14. The normalized spacial score (nSPS) is 10.4. The van der Waals surface area contributed by atoms with Crippen molar-refractivity contribution in [2.45, 2.75) is 62.3 Å². The topological polar surface area (TPSA) is 434 Å². The SMILES string of the molecule is CC(=O)O.O=C(O)CC(O)(CC(=O)O)C(=O)O.O=C(O)CC(O)(CC(=O)O)C(=O)O.O=C(O)CC(O)(CC(=O)O)C(=O)O. The summed E-state index contributed by atoms with van der Waals surface area (Å²) < 4.78 is 0. The van der Waals surface area contributed by atoms with E-state index in [9.17, 15) is 43.2 Å². The summed E-state index contributed by atoms with van der Waals surface area (Å²) >= 11 is 0. The van der Waals surface area contributed by atoms with Crippen LogP contribution in [0.3, 0.4) is 0 Å². The maximum atomic E-state index is 10.3. The first-order valence-electron chi connectivity index (χ1n) is 10.4. The predicted octanol–water partition coefficient (Wildman–Crippen LogP) is -3.65. The van der Waals surface area contributed by atoms with Gasteiger partial charge in [0.25, 0.3) is 5.97 Å². The van der Waals surface area contributed by atoms with Gasteiger partial charge in [-0.05, 0) is 0 Å². The van der Waals surface area contributed by atoms with Crippen molar-refractivity contribution >= 4 is 59.7 Å². The van der Waals surface area contributed by atoms with Crippen LogP contribution in [0.1, 0.15) is 45.4 Å². The first-order valence-corrected chi connectivity index (χ1v) is 10.4. The van der Waals surface area contributed by atoms with Crippen LogP contribution < -0.4 is 0 Å². The maximum absolute atomic E-state index is 10.3. The second-order valence-corrected chi connectivity index (χ2v) is 7.95. The van der Waals surface area contributed by atoms with Gasteiger partial charge in [-0.15, -0.1) is 0 Å². The Bertz CT molecular complexity index is 895. The van der Waals surface area contributed by atoms with Crippen molar-refractivity contribution in [3.8, 4) is 0 Å². The van der Waals surface area contributed by atoms with Crippen LogP contribution >= 0.6 is 0 Å². The number of aliphatic carboxylic acids is 10. The number of rotatable bonds is 15. The largest absolute Gasteiger partial charge is 0.481 e. The number of carboxylic acid groups (broad SMARTS) is 10. The molecule has 0 unspecified atom stereocenters. The Hall–Kier alpha value is -5.42. The van der Waals surface area contributed by atoms with Gasteiger partial charge in [-0.3, -0.25) is 33.6 Å². The summed E-state index contributed by atoms with van der Waals surface area (Å²) in [6.07, 6.45) is -6.87. The summed E-state index contributed by atoms with van der Waals surface area (Å²) in [7, 11) is 0. The average Bonchev–Trinajstić information content (AvgIpc) is 2.70. The third kappa shape index (κ3) is 24.1. The van der Waals surface area contributed by atoms with Gasteiger partial charge < -0.3 is 66.4 Å². The first kappa shape index (κ1) is 44.6. The average molecular weight is 636 g/mol. The van der Waals surface area contributed by atoms with Gasteiger partial charge in [-0.1, -0.05) is 0 Å². The van der Waals surface area contributed by atoms with Crippen LogP contribution in [0.2, 0.25) is 0 Å². The molecule has 0 saturated carbocycles. The van der Waals surface area contributed by atoms with Gasteiger partial charge in [0.2, 0.25) is 0 Å². The summed E-state index contributed by atoms with van der Waals surface area (Å²) in [5.74, 6) is -15.9. The van der Waals surface area contributed by atoms with Gasteiger partial charge in [0.15, 0.2) is 16.8 Å². The van der Waals surface area contributed by atoms with E-state index in [2.05, 4.69) is 0 Å². The van der Waals surface area contributed by atoms with Crippen LogP contribution in [0, 0.1) is 0 Å². The third-order valence-corrected chi connectivity index (χ3v) is 3.86. The molecule has 0 bridgehead atoms. The highest BCUT2D eigenvalue weighted by Crippen LogP contribution is 2.17. The minimum atomic E-state index is -2.74. The molecule has 0 spiro atoms. The van der Waals surface area contributed by atoms with E-state index in [-0.39, 0.29) is 0 Å². The lowest BCUT2D eigenvalue weighted by molar-refractivity contribution is -0.170. The Balaban J connectivity index is -0.000000249. The molecule has 13 N–H and O–H groups in total. The van der Waals surface area contributed by atoms with E-state index in [0.717, 1.165) is 6.92 Å². The molecule has 0 atom stereocenters. The Morgan fingerprint density at radius 2 is 0.442 bits per heavy atom. The summed E-state index contributed by atoms with van der Waals surface area (Å²) in [5.41, 5.74) is -8.22. The Morgan fingerprint density at radius 3 is 0.488 bits per heavy atom.